The van der Waals surface area contributed by atoms with Crippen LogP contribution in [-0.4, -0.2) is 5.91 Å². The van der Waals surface area contributed by atoms with Crippen molar-refractivity contribution in [2.45, 2.75) is 19.9 Å². The van der Waals surface area contributed by atoms with Crippen LogP contribution >= 0.6 is 11.3 Å². The summed E-state index contributed by atoms with van der Waals surface area (Å²) in [6, 6.07) is -0.0249. The van der Waals surface area contributed by atoms with Crippen molar-refractivity contribution in [1.29, 1.82) is 0 Å². The first-order valence-corrected chi connectivity index (χ1v) is 4.55. The van der Waals surface area contributed by atoms with E-state index in [0.717, 1.165) is 10.4 Å². The SMILES string of the molecule is Cc1c(C(N)=O)csc1C(C)N. The highest BCUT2D eigenvalue weighted by molar-refractivity contribution is 7.10. The third kappa shape index (κ3) is 1.49. The van der Waals surface area contributed by atoms with E-state index in [1.54, 1.807) is 5.38 Å². The van der Waals surface area contributed by atoms with Crippen molar-refractivity contribution in [3.05, 3.63) is 21.4 Å². The molecule has 0 saturated heterocycles. The van der Waals surface area contributed by atoms with E-state index < -0.39 is 0 Å². The predicted octanol–water partition coefficient (Wildman–Crippen LogP) is 1.18. The maximum atomic E-state index is 10.8. The normalized spacial score (nSPS) is 12.9. The van der Waals surface area contributed by atoms with Gasteiger partial charge < -0.3 is 11.5 Å². The van der Waals surface area contributed by atoms with Gasteiger partial charge in [-0.1, -0.05) is 0 Å². The molecule has 0 bridgehead atoms. The molecule has 0 aliphatic carbocycles. The first kappa shape index (κ1) is 9.22. The van der Waals surface area contributed by atoms with E-state index in [0.29, 0.717) is 5.56 Å². The number of carbonyl (C=O) groups excluding carboxylic acids is 1. The number of hydrogen-bond acceptors (Lipinski definition) is 3. The van der Waals surface area contributed by atoms with Crippen molar-refractivity contribution in [2.75, 3.05) is 0 Å². The molecule has 0 aliphatic heterocycles. The molecule has 4 N–H and O–H groups in total. The quantitative estimate of drug-likeness (QED) is 0.724. The Kier molecular flexibility index (Phi) is 2.49. The zero-order valence-corrected chi connectivity index (χ0v) is 7.94. The smallest absolute Gasteiger partial charge is 0.249 e. The topological polar surface area (TPSA) is 69.1 Å². The number of carbonyl (C=O) groups is 1. The molecule has 1 heterocycles. The second-order valence-electron chi connectivity index (χ2n) is 2.79. The lowest BCUT2D eigenvalue weighted by Crippen LogP contribution is -2.12. The highest BCUT2D eigenvalue weighted by atomic mass is 32.1. The fourth-order valence-corrected chi connectivity index (χ4v) is 2.16. The molecule has 0 saturated carbocycles. The minimum atomic E-state index is -0.379. The molecule has 1 rings (SSSR count). The van der Waals surface area contributed by atoms with Gasteiger partial charge in [-0.2, -0.15) is 0 Å². The van der Waals surface area contributed by atoms with Crippen molar-refractivity contribution in [1.82, 2.24) is 0 Å². The van der Waals surface area contributed by atoms with E-state index in [1.165, 1.54) is 11.3 Å². The fraction of sp³-hybridized carbons (Fsp3) is 0.375. The molecule has 1 unspecified atom stereocenters. The molecule has 0 spiro atoms. The van der Waals surface area contributed by atoms with Gasteiger partial charge in [0.25, 0.3) is 0 Å². The van der Waals surface area contributed by atoms with Gasteiger partial charge in [0.2, 0.25) is 5.91 Å². The summed E-state index contributed by atoms with van der Waals surface area (Å²) in [6.07, 6.45) is 0. The summed E-state index contributed by atoms with van der Waals surface area (Å²) >= 11 is 1.49. The van der Waals surface area contributed by atoms with Crippen LogP contribution in [0.4, 0.5) is 0 Å². The maximum absolute atomic E-state index is 10.8. The predicted molar refractivity (Wildman–Crippen MR) is 50.2 cm³/mol. The third-order valence-electron chi connectivity index (χ3n) is 1.76. The number of rotatable bonds is 2. The molecule has 3 nitrogen and oxygen atoms in total. The van der Waals surface area contributed by atoms with Crippen molar-refractivity contribution in [3.63, 3.8) is 0 Å². The molecule has 1 aromatic heterocycles. The van der Waals surface area contributed by atoms with Crippen LogP contribution in [0.3, 0.4) is 0 Å². The Hall–Kier alpha value is -0.870. The minimum Gasteiger partial charge on any atom is -0.366 e. The van der Waals surface area contributed by atoms with Crippen molar-refractivity contribution >= 4 is 17.2 Å². The summed E-state index contributed by atoms with van der Waals surface area (Å²) in [5, 5.41) is 1.76. The zero-order valence-electron chi connectivity index (χ0n) is 7.13. The molecule has 0 aromatic carbocycles. The summed E-state index contributed by atoms with van der Waals surface area (Å²) < 4.78 is 0. The molecule has 66 valence electrons. The first-order valence-electron chi connectivity index (χ1n) is 3.67. The molecule has 0 radical (unpaired) electrons. The standard InChI is InChI=1S/C8H12N2OS/c1-4-6(8(10)11)3-12-7(4)5(2)9/h3,5H,9H2,1-2H3,(H2,10,11). The Morgan fingerprint density at radius 2 is 2.25 bits per heavy atom. The van der Waals surface area contributed by atoms with E-state index in [-0.39, 0.29) is 11.9 Å². The van der Waals surface area contributed by atoms with E-state index in [4.69, 9.17) is 11.5 Å². The summed E-state index contributed by atoms with van der Waals surface area (Å²) in [6.45, 7) is 3.76. The zero-order chi connectivity index (χ0) is 9.30. The highest BCUT2D eigenvalue weighted by Crippen LogP contribution is 2.25. The lowest BCUT2D eigenvalue weighted by atomic mass is 10.1. The van der Waals surface area contributed by atoms with Crippen molar-refractivity contribution in [2.24, 2.45) is 11.5 Å². The second-order valence-corrected chi connectivity index (χ2v) is 3.70. The number of primary amides is 1. The number of nitrogens with two attached hydrogens (primary N) is 2. The number of thiophene rings is 1. The van der Waals surface area contributed by atoms with Crippen LogP contribution in [-0.2, 0) is 0 Å². The van der Waals surface area contributed by atoms with Gasteiger partial charge in [0.15, 0.2) is 0 Å². The summed E-state index contributed by atoms with van der Waals surface area (Å²) in [7, 11) is 0. The van der Waals surface area contributed by atoms with E-state index >= 15 is 0 Å². The van der Waals surface area contributed by atoms with Crippen LogP contribution in [0, 0.1) is 6.92 Å². The summed E-state index contributed by atoms with van der Waals surface area (Å²) in [4.78, 5) is 11.9. The highest BCUT2D eigenvalue weighted by Gasteiger charge is 2.13. The Morgan fingerprint density at radius 1 is 1.67 bits per heavy atom. The molecule has 1 atom stereocenters. The van der Waals surface area contributed by atoms with Gasteiger partial charge in [-0.25, -0.2) is 0 Å². The molecular weight excluding hydrogens is 172 g/mol. The van der Waals surface area contributed by atoms with Gasteiger partial charge in [0, 0.05) is 16.3 Å². The molecule has 4 heteroatoms. The number of amides is 1. The van der Waals surface area contributed by atoms with Crippen LogP contribution < -0.4 is 11.5 Å². The molecule has 1 aromatic rings. The van der Waals surface area contributed by atoms with Gasteiger partial charge in [0.1, 0.15) is 0 Å². The monoisotopic (exact) mass is 184 g/mol. The summed E-state index contributed by atoms with van der Waals surface area (Å²) in [5.74, 6) is -0.379. The molecular formula is C8H12N2OS. The van der Waals surface area contributed by atoms with Crippen LogP contribution in [0.15, 0.2) is 5.38 Å². The Bertz CT molecular complexity index is 304. The minimum absolute atomic E-state index is 0.0249. The van der Waals surface area contributed by atoms with Crippen LogP contribution in [0.25, 0.3) is 0 Å². The Balaban J connectivity index is 3.13. The molecule has 0 aliphatic rings. The lowest BCUT2D eigenvalue weighted by molar-refractivity contribution is 0.1000. The van der Waals surface area contributed by atoms with Crippen LogP contribution in [0.2, 0.25) is 0 Å². The molecule has 0 fully saturated rings. The van der Waals surface area contributed by atoms with Crippen molar-refractivity contribution in [3.8, 4) is 0 Å². The van der Waals surface area contributed by atoms with Gasteiger partial charge in [-0.05, 0) is 19.4 Å². The molecule has 1 amide bonds. The third-order valence-corrected chi connectivity index (χ3v) is 3.04. The first-order chi connectivity index (χ1) is 5.54. The van der Waals surface area contributed by atoms with Crippen LogP contribution in [0.1, 0.15) is 33.8 Å². The Morgan fingerprint density at radius 3 is 2.50 bits per heavy atom. The van der Waals surface area contributed by atoms with Gasteiger partial charge >= 0.3 is 0 Å². The summed E-state index contributed by atoms with van der Waals surface area (Å²) in [5.41, 5.74) is 12.4. The average Bonchev–Trinajstić information content (AvgIpc) is 2.30. The van der Waals surface area contributed by atoms with E-state index in [2.05, 4.69) is 0 Å². The van der Waals surface area contributed by atoms with Gasteiger partial charge in [0.05, 0.1) is 5.56 Å². The van der Waals surface area contributed by atoms with Gasteiger partial charge in [-0.15, -0.1) is 11.3 Å². The average molecular weight is 184 g/mol. The Labute approximate surface area is 75.4 Å². The van der Waals surface area contributed by atoms with E-state index in [1.807, 2.05) is 13.8 Å². The largest absolute Gasteiger partial charge is 0.366 e. The van der Waals surface area contributed by atoms with E-state index in [9.17, 15) is 4.79 Å². The second kappa shape index (κ2) is 3.25. The molecule has 12 heavy (non-hydrogen) atoms. The van der Waals surface area contributed by atoms with Gasteiger partial charge in [-0.3, -0.25) is 4.79 Å². The maximum Gasteiger partial charge on any atom is 0.249 e. The lowest BCUT2D eigenvalue weighted by Gasteiger charge is -2.02. The van der Waals surface area contributed by atoms with Crippen LogP contribution in [0.5, 0.6) is 0 Å². The fourth-order valence-electron chi connectivity index (χ4n) is 1.12. The van der Waals surface area contributed by atoms with Crippen molar-refractivity contribution < 1.29 is 4.79 Å². The number of hydrogen-bond donors (Lipinski definition) is 2.